The molecule has 2 nitrogen and oxygen atoms in total. The van der Waals surface area contributed by atoms with Gasteiger partial charge in [-0.3, -0.25) is 0 Å². The van der Waals surface area contributed by atoms with Crippen LogP contribution in [0.5, 0.6) is 0 Å². The summed E-state index contributed by atoms with van der Waals surface area (Å²) in [5.41, 5.74) is 20.7. The zero-order chi connectivity index (χ0) is 43.2. The highest BCUT2D eigenvalue weighted by molar-refractivity contribution is 7.00. The predicted molar refractivity (Wildman–Crippen MR) is 272 cm³/mol. The molecule has 9 rings (SSSR count). The fourth-order valence-corrected chi connectivity index (χ4v) is 24.2. The van der Waals surface area contributed by atoms with E-state index >= 15 is 0 Å². The van der Waals surface area contributed by atoms with E-state index in [-0.39, 0.29) is 4.66 Å². The van der Waals surface area contributed by atoms with Crippen LogP contribution in [0, 0.1) is 41.5 Å². The molecule has 0 radical (unpaired) electrons. The average Bonchev–Trinajstić information content (AvgIpc) is 3.55. The fourth-order valence-electron chi connectivity index (χ4n) is 11.2. The molecule has 0 bridgehead atoms. The Kier molecular flexibility index (Phi) is 9.84. The molecular formula is C57H60N2Si2. The number of aryl methyl sites for hydroxylation is 6. The second-order valence-corrected chi connectivity index (χ2v) is 30.9. The van der Waals surface area contributed by atoms with Crippen LogP contribution in [0.2, 0.25) is 39.3 Å². The van der Waals surface area contributed by atoms with E-state index in [2.05, 4.69) is 236 Å². The van der Waals surface area contributed by atoms with Gasteiger partial charge in [0.2, 0.25) is 0 Å². The minimum atomic E-state index is -2.09. The summed E-state index contributed by atoms with van der Waals surface area (Å²) in [7, 11) is -4.18. The summed E-state index contributed by atoms with van der Waals surface area (Å²) in [6, 6.07) is 56.0. The third-order valence-corrected chi connectivity index (χ3v) is 23.7. The first-order chi connectivity index (χ1) is 29.0. The van der Waals surface area contributed by atoms with Gasteiger partial charge in [0.1, 0.15) is 0 Å². The Morgan fingerprint density at radius 1 is 0.377 bits per heavy atom. The molecular weight excluding hydrogens is 769 g/mol. The maximum atomic E-state index is 2.65. The fraction of sp³-hybridized carbons (Fsp3) is 0.228. The Hall–Kier alpha value is -5.69. The summed E-state index contributed by atoms with van der Waals surface area (Å²) in [5.74, 6) is 0. The summed E-state index contributed by atoms with van der Waals surface area (Å²) in [6.45, 7) is 29.1. The van der Waals surface area contributed by atoms with Crippen LogP contribution in [0.4, 0.5) is 34.1 Å². The van der Waals surface area contributed by atoms with Gasteiger partial charge in [-0.15, -0.1) is 0 Å². The summed E-state index contributed by atoms with van der Waals surface area (Å²) >= 11 is 0. The first-order valence-electron chi connectivity index (χ1n) is 22.0. The third kappa shape index (κ3) is 6.49. The highest BCUT2D eigenvalue weighted by Crippen LogP contribution is 2.62. The van der Waals surface area contributed by atoms with Crippen molar-refractivity contribution in [2.45, 2.75) is 85.5 Å². The Balaban J connectivity index is 1.37. The van der Waals surface area contributed by atoms with Crippen LogP contribution < -0.4 is 9.80 Å². The molecule has 0 unspecified atom stereocenters. The molecule has 0 saturated heterocycles. The monoisotopic (exact) mass is 828 g/mol. The predicted octanol–water partition coefficient (Wildman–Crippen LogP) is 16.8. The maximum absolute atomic E-state index is 2.65. The van der Waals surface area contributed by atoms with Crippen molar-refractivity contribution < 1.29 is 0 Å². The van der Waals surface area contributed by atoms with E-state index in [0.29, 0.717) is 0 Å². The van der Waals surface area contributed by atoms with Crippen molar-refractivity contribution in [1.29, 1.82) is 0 Å². The number of hydrogen-bond donors (Lipinski definition) is 0. The standard InChI is InChI=1S/C57H60N2Si2/c1-37-19-25-43(26-20-37)58(53-33-39(3)17-23-41(53)5)45-29-31-49-51(35-45)47-15-13-14-16-48(47)55-50-32-30-46(36-52(50)57(56(49)55,60(7,8)9)61(10,11)12)59(44-27-21-38(2)22-28-44)54-34-40(4)18-24-42(54)6/h13-36H,1-12H3. The van der Waals surface area contributed by atoms with Crippen molar-refractivity contribution in [3.05, 3.63) is 190 Å². The smallest absolute Gasteiger partial charge is 0.0579 e. The lowest BCUT2D eigenvalue weighted by atomic mass is 9.91. The molecule has 1 aliphatic carbocycles. The highest BCUT2D eigenvalue weighted by atomic mass is 28.4. The first-order valence-corrected chi connectivity index (χ1v) is 29.0. The zero-order valence-corrected chi connectivity index (χ0v) is 40.3. The molecule has 306 valence electrons. The molecule has 1 aliphatic rings. The van der Waals surface area contributed by atoms with E-state index in [4.69, 9.17) is 0 Å². The van der Waals surface area contributed by atoms with E-state index in [0.717, 1.165) is 0 Å². The Bertz CT molecular complexity index is 2990. The van der Waals surface area contributed by atoms with Crippen molar-refractivity contribution in [2.75, 3.05) is 9.80 Å². The van der Waals surface area contributed by atoms with Crippen LogP contribution in [0.25, 0.3) is 32.7 Å². The van der Waals surface area contributed by atoms with Crippen LogP contribution in [0.15, 0.2) is 146 Å². The van der Waals surface area contributed by atoms with E-state index in [1.807, 2.05) is 0 Å². The van der Waals surface area contributed by atoms with Gasteiger partial charge in [-0.05, 0) is 168 Å². The van der Waals surface area contributed by atoms with Crippen molar-refractivity contribution in [3.63, 3.8) is 0 Å². The number of rotatable bonds is 8. The van der Waals surface area contributed by atoms with Crippen molar-refractivity contribution in [3.8, 4) is 11.1 Å². The SMILES string of the molecule is Cc1ccc(N(c2ccc3c(c2)C([Si](C)(C)C)([Si](C)(C)C)c2c-3c3ccccc3c3cc(N(c4ccc(C)cc4)c4cc(C)ccc4C)ccc23)c2cc(C)ccc2C)cc1. The number of anilines is 6. The van der Waals surface area contributed by atoms with E-state index < -0.39 is 16.1 Å². The minimum absolute atomic E-state index is 0.0884. The Labute approximate surface area is 366 Å². The van der Waals surface area contributed by atoms with Gasteiger partial charge < -0.3 is 9.80 Å². The lowest BCUT2D eigenvalue weighted by Crippen LogP contribution is -2.63. The number of fused-ring (bicyclic) bond motifs is 8. The lowest BCUT2D eigenvalue weighted by molar-refractivity contribution is 0.962. The molecule has 61 heavy (non-hydrogen) atoms. The van der Waals surface area contributed by atoms with Crippen LogP contribution >= 0.6 is 0 Å². The van der Waals surface area contributed by atoms with Gasteiger partial charge in [0.05, 0.1) is 16.1 Å². The molecule has 0 spiro atoms. The molecule has 4 heteroatoms. The quantitative estimate of drug-likeness (QED) is 0.111. The van der Waals surface area contributed by atoms with Crippen molar-refractivity contribution >= 4 is 71.8 Å². The zero-order valence-electron chi connectivity index (χ0n) is 38.3. The Morgan fingerprint density at radius 3 is 1.33 bits per heavy atom. The van der Waals surface area contributed by atoms with Crippen LogP contribution in [0.1, 0.15) is 44.5 Å². The van der Waals surface area contributed by atoms with Gasteiger partial charge in [-0.2, -0.15) is 0 Å². The molecule has 0 aromatic heterocycles. The molecule has 0 N–H and O–H groups in total. The second kappa shape index (κ2) is 14.7. The van der Waals surface area contributed by atoms with Crippen LogP contribution in [0.3, 0.4) is 0 Å². The van der Waals surface area contributed by atoms with E-state index in [1.165, 1.54) is 106 Å². The molecule has 0 fully saturated rings. The van der Waals surface area contributed by atoms with Crippen molar-refractivity contribution in [1.82, 2.24) is 0 Å². The summed E-state index contributed by atoms with van der Waals surface area (Å²) in [5, 5.41) is 5.40. The van der Waals surface area contributed by atoms with Crippen LogP contribution in [-0.2, 0) is 4.66 Å². The number of hydrogen-bond acceptors (Lipinski definition) is 2. The second-order valence-electron chi connectivity index (χ2n) is 19.9. The lowest BCUT2D eigenvalue weighted by Gasteiger charge is -2.52. The minimum Gasteiger partial charge on any atom is -0.310 e. The molecule has 8 aromatic rings. The highest BCUT2D eigenvalue weighted by Gasteiger charge is 2.60. The number of nitrogens with zero attached hydrogens (tertiary/aromatic N) is 2. The molecule has 0 aliphatic heterocycles. The third-order valence-electron chi connectivity index (χ3n) is 13.6. The summed E-state index contributed by atoms with van der Waals surface area (Å²) in [6.07, 6.45) is 0. The normalized spacial score (nSPS) is 13.4. The summed E-state index contributed by atoms with van der Waals surface area (Å²) < 4.78 is -0.0884. The Morgan fingerprint density at radius 2 is 0.820 bits per heavy atom. The molecule has 0 saturated carbocycles. The summed E-state index contributed by atoms with van der Waals surface area (Å²) in [4.78, 5) is 4.99. The topological polar surface area (TPSA) is 6.48 Å². The maximum Gasteiger partial charge on any atom is 0.0579 e. The molecule has 0 heterocycles. The van der Waals surface area contributed by atoms with Gasteiger partial charge in [-0.25, -0.2) is 0 Å². The van der Waals surface area contributed by atoms with E-state index in [1.54, 1.807) is 5.56 Å². The molecule has 0 atom stereocenters. The van der Waals surface area contributed by atoms with Gasteiger partial charge in [0, 0.05) is 38.8 Å². The van der Waals surface area contributed by atoms with Crippen LogP contribution in [-0.4, -0.2) is 16.1 Å². The van der Waals surface area contributed by atoms with Gasteiger partial charge in [0.25, 0.3) is 0 Å². The average molecular weight is 829 g/mol. The number of benzene rings is 8. The van der Waals surface area contributed by atoms with Crippen molar-refractivity contribution in [2.24, 2.45) is 0 Å². The van der Waals surface area contributed by atoms with Gasteiger partial charge >= 0.3 is 0 Å². The largest absolute Gasteiger partial charge is 0.310 e. The van der Waals surface area contributed by atoms with Gasteiger partial charge in [0.15, 0.2) is 0 Å². The van der Waals surface area contributed by atoms with Gasteiger partial charge in [-0.1, -0.05) is 135 Å². The molecule has 8 aromatic carbocycles. The first kappa shape index (κ1) is 40.7. The molecule has 0 amide bonds. The van der Waals surface area contributed by atoms with E-state index in [9.17, 15) is 0 Å².